The highest BCUT2D eigenvalue weighted by Gasteiger charge is 2.27. The van der Waals surface area contributed by atoms with Gasteiger partial charge in [-0.25, -0.2) is 0 Å². The molecule has 2 heteroatoms. The van der Waals surface area contributed by atoms with Crippen molar-refractivity contribution in [1.29, 1.82) is 0 Å². The van der Waals surface area contributed by atoms with Crippen LogP contribution in [0.15, 0.2) is 4.42 Å². The minimum atomic E-state index is 0.185. The number of hydrogen-bond acceptors (Lipinski definition) is 2. The van der Waals surface area contributed by atoms with Crippen LogP contribution in [0, 0.1) is 26.7 Å². The van der Waals surface area contributed by atoms with E-state index >= 15 is 0 Å². The van der Waals surface area contributed by atoms with Crippen LogP contribution in [0.5, 0.6) is 0 Å². The Morgan fingerprint density at radius 2 is 1.73 bits per heavy atom. The summed E-state index contributed by atoms with van der Waals surface area (Å²) in [5.74, 6) is 2.71. The lowest BCUT2D eigenvalue weighted by molar-refractivity contribution is 0.431. The summed E-state index contributed by atoms with van der Waals surface area (Å²) in [5.41, 5.74) is 8.88. The Labute approximate surface area is 91.8 Å². The van der Waals surface area contributed by atoms with E-state index in [0.29, 0.717) is 5.92 Å². The molecule has 1 atom stereocenters. The van der Waals surface area contributed by atoms with E-state index in [2.05, 4.69) is 6.92 Å². The van der Waals surface area contributed by atoms with Crippen LogP contribution >= 0.6 is 0 Å². The maximum absolute atomic E-state index is 6.36. The van der Waals surface area contributed by atoms with E-state index in [4.69, 9.17) is 10.2 Å². The summed E-state index contributed by atoms with van der Waals surface area (Å²) in [6, 6.07) is 0.185. The van der Waals surface area contributed by atoms with Crippen molar-refractivity contribution in [3.63, 3.8) is 0 Å². The third-order valence-corrected chi connectivity index (χ3v) is 3.86. The molecular weight excluding hydrogens is 186 g/mol. The van der Waals surface area contributed by atoms with Gasteiger partial charge in [0.1, 0.15) is 11.5 Å². The fraction of sp³-hybridized carbons (Fsp3) is 0.692. The van der Waals surface area contributed by atoms with Crippen LogP contribution in [0.2, 0.25) is 0 Å². The van der Waals surface area contributed by atoms with Gasteiger partial charge in [0.15, 0.2) is 0 Å². The van der Waals surface area contributed by atoms with E-state index < -0.39 is 0 Å². The third-order valence-electron chi connectivity index (χ3n) is 3.86. The van der Waals surface area contributed by atoms with Crippen molar-refractivity contribution in [3.8, 4) is 0 Å². The zero-order valence-electron chi connectivity index (χ0n) is 9.97. The summed E-state index contributed by atoms with van der Waals surface area (Å²) in [6.45, 7) is 6.17. The molecule has 0 aliphatic heterocycles. The van der Waals surface area contributed by atoms with Crippen molar-refractivity contribution >= 4 is 0 Å². The topological polar surface area (TPSA) is 39.2 Å². The predicted molar refractivity (Wildman–Crippen MR) is 61.8 cm³/mol. The van der Waals surface area contributed by atoms with E-state index in [1.54, 1.807) is 0 Å². The lowest BCUT2D eigenvalue weighted by Crippen LogP contribution is -2.20. The zero-order chi connectivity index (χ0) is 11.0. The van der Waals surface area contributed by atoms with Gasteiger partial charge in [-0.1, -0.05) is 12.8 Å². The largest absolute Gasteiger partial charge is 0.466 e. The monoisotopic (exact) mass is 207 g/mol. The maximum atomic E-state index is 6.36. The van der Waals surface area contributed by atoms with Crippen molar-refractivity contribution < 1.29 is 4.42 Å². The lowest BCUT2D eigenvalue weighted by Gasteiger charge is -2.19. The van der Waals surface area contributed by atoms with Crippen LogP contribution < -0.4 is 5.73 Å². The fourth-order valence-electron chi connectivity index (χ4n) is 2.85. The second-order valence-electron chi connectivity index (χ2n) is 4.82. The summed E-state index contributed by atoms with van der Waals surface area (Å²) in [4.78, 5) is 0. The van der Waals surface area contributed by atoms with Gasteiger partial charge in [-0.05, 0) is 45.1 Å². The fourth-order valence-corrected chi connectivity index (χ4v) is 2.85. The molecular formula is C13H21NO. The highest BCUT2D eigenvalue weighted by Crippen LogP contribution is 2.37. The van der Waals surface area contributed by atoms with Gasteiger partial charge in [-0.15, -0.1) is 0 Å². The van der Waals surface area contributed by atoms with Crippen LogP contribution in [0.4, 0.5) is 0 Å². The van der Waals surface area contributed by atoms with Crippen molar-refractivity contribution in [2.24, 2.45) is 11.7 Å². The molecule has 1 aliphatic carbocycles. The first-order valence-electron chi connectivity index (χ1n) is 5.93. The van der Waals surface area contributed by atoms with E-state index in [0.717, 1.165) is 11.5 Å². The van der Waals surface area contributed by atoms with Gasteiger partial charge in [0.2, 0.25) is 0 Å². The minimum Gasteiger partial charge on any atom is -0.466 e. The summed E-state index contributed by atoms with van der Waals surface area (Å²) in [6.07, 6.45) is 5.25. The summed E-state index contributed by atoms with van der Waals surface area (Å²) in [7, 11) is 0. The average molecular weight is 207 g/mol. The molecule has 1 aliphatic rings. The second kappa shape index (κ2) is 4.01. The molecule has 0 bridgehead atoms. The molecule has 0 saturated heterocycles. The average Bonchev–Trinajstić information content (AvgIpc) is 2.76. The quantitative estimate of drug-likeness (QED) is 0.807. The number of aryl methyl sites for hydroxylation is 2. The van der Waals surface area contributed by atoms with Gasteiger partial charge < -0.3 is 10.2 Å². The Kier molecular flexibility index (Phi) is 2.87. The molecule has 1 aromatic heterocycles. The van der Waals surface area contributed by atoms with Crippen molar-refractivity contribution in [2.45, 2.75) is 52.5 Å². The highest BCUT2D eigenvalue weighted by atomic mass is 16.3. The van der Waals surface area contributed by atoms with Crippen LogP contribution in [0.1, 0.15) is 54.4 Å². The predicted octanol–water partition coefficient (Wildman–Crippen LogP) is 3.39. The Balaban J connectivity index is 2.27. The summed E-state index contributed by atoms with van der Waals surface area (Å²) >= 11 is 0. The molecule has 0 radical (unpaired) electrons. The molecule has 1 heterocycles. The zero-order valence-corrected chi connectivity index (χ0v) is 9.97. The third kappa shape index (κ3) is 1.83. The lowest BCUT2D eigenvalue weighted by atomic mass is 9.90. The molecule has 0 spiro atoms. The second-order valence-corrected chi connectivity index (χ2v) is 4.82. The smallest absolute Gasteiger partial charge is 0.106 e. The molecule has 15 heavy (non-hydrogen) atoms. The molecule has 0 amide bonds. The summed E-state index contributed by atoms with van der Waals surface area (Å²) < 4.78 is 5.65. The standard InChI is InChI=1S/C13H21NO/c1-8-9(2)15-10(3)12(8)13(14)11-6-4-5-7-11/h11,13H,4-7,14H2,1-3H3. The maximum Gasteiger partial charge on any atom is 0.106 e. The van der Waals surface area contributed by atoms with E-state index in [-0.39, 0.29) is 6.04 Å². The first-order chi connectivity index (χ1) is 7.11. The van der Waals surface area contributed by atoms with E-state index in [9.17, 15) is 0 Å². The molecule has 84 valence electrons. The minimum absolute atomic E-state index is 0.185. The van der Waals surface area contributed by atoms with Crippen LogP contribution in [-0.2, 0) is 0 Å². The Bertz CT molecular complexity index is 348. The molecule has 1 saturated carbocycles. The van der Waals surface area contributed by atoms with Gasteiger partial charge in [-0.3, -0.25) is 0 Å². The van der Waals surface area contributed by atoms with E-state index in [1.807, 2.05) is 13.8 Å². The van der Waals surface area contributed by atoms with Crippen molar-refractivity contribution in [3.05, 3.63) is 22.6 Å². The SMILES string of the molecule is Cc1oc(C)c(C(N)C2CCCC2)c1C. The Hall–Kier alpha value is -0.760. The van der Waals surface area contributed by atoms with Crippen LogP contribution in [-0.4, -0.2) is 0 Å². The Morgan fingerprint density at radius 3 is 2.20 bits per heavy atom. The van der Waals surface area contributed by atoms with Crippen LogP contribution in [0.25, 0.3) is 0 Å². The normalized spacial score (nSPS) is 19.7. The molecule has 2 N–H and O–H groups in total. The van der Waals surface area contributed by atoms with Gasteiger partial charge in [0, 0.05) is 11.6 Å². The van der Waals surface area contributed by atoms with Gasteiger partial charge >= 0.3 is 0 Å². The molecule has 0 aromatic carbocycles. The number of nitrogens with two attached hydrogens (primary N) is 1. The molecule has 2 nitrogen and oxygen atoms in total. The Morgan fingerprint density at radius 1 is 1.13 bits per heavy atom. The number of furan rings is 1. The van der Waals surface area contributed by atoms with E-state index in [1.165, 1.54) is 36.8 Å². The molecule has 2 rings (SSSR count). The highest BCUT2D eigenvalue weighted by molar-refractivity contribution is 5.34. The molecule has 1 unspecified atom stereocenters. The van der Waals surface area contributed by atoms with Gasteiger partial charge in [0.25, 0.3) is 0 Å². The first kappa shape index (κ1) is 10.7. The van der Waals surface area contributed by atoms with Crippen molar-refractivity contribution in [1.82, 2.24) is 0 Å². The van der Waals surface area contributed by atoms with Gasteiger partial charge in [-0.2, -0.15) is 0 Å². The first-order valence-corrected chi connectivity index (χ1v) is 5.93. The van der Waals surface area contributed by atoms with Crippen LogP contribution in [0.3, 0.4) is 0 Å². The molecule has 1 aromatic rings. The number of rotatable bonds is 2. The number of hydrogen-bond donors (Lipinski definition) is 1. The van der Waals surface area contributed by atoms with Gasteiger partial charge in [0.05, 0.1) is 0 Å². The molecule has 1 fully saturated rings. The van der Waals surface area contributed by atoms with Crippen molar-refractivity contribution in [2.75, 3.05) is 0 Å². The summed E-state index contributed by atoms with van der Waals surface area (Å²) in [5, 5.41) is 0.